The molecule has 0 aliphatic heterocycles. The fourth-order valence-electron chi connectivity index (χ4n) is 5.32. The van der Waals surface area contributed by atoms with Crippen molar-refractivity contribution in [3.8, 4) is 0 Å². The van der Waals surface area contributed by atoms with Crippen molar-refractivity contribution >= 4 is 19.8 Å². The minimum atomic E-state index is -4.39. The number of unbranched alkanes of at least 4 members (excludes halogenated alkanes) is 13. The molecule has 1 unspecified atom stereocenters. The van der Waals surface area contributed by atoms with E-state index in [2.05, 4.69) is 44.2 Å². The number of ether oxygens (including phenoxy) is 2. The number of aliphatic hydroxyl groups excluding tert-OH is 1. The van der Waals surface area contributed by atoms with Crippen molar-refractivity contribution in [2.75, 3.05) is 47.5 Å². The van der Waals surface area contributed by atoms with E-state index in [1.165, 1.54) is 51.4 Å². The lowest BCUT2D eigenvalue weighted by Crippen LogP contribution is -2.37. The molecular formula is C43H79NO9P+. The standard InChI is InChI=1S/C43H78NO9P/c1-6-8-10-11-12-13-14-18-22-25-28-31-35-43(47)53-41(39-52-54(48,49)51-37-36-44(3,4)5)38-50-42(46)34-30-27-24-21-19-16-15-17-20-23-26-29-33-40(45)32-9-7-2/h15-16,20-21,23-24,29,33,40-41,45H,6-14,17-19,22,25-28,30-32,34-39H2,1-5H3/p+1/b16-15-,23-20-,24-21-,33-29-/t40-,41+/m0/s1. The smallest absolute Gasteiger partial charge is 0.462 e. The zero-order valence-corrected chi connectivity index (χ0v) is 35.7. The maximum Gasteiger partial charge on any atom is 0.472 e. The first-order valence-corrected chi connectivity index (χ1v) is 22.4. The van der Waals surface area contributed by atoms with Crippen LogP contribution >= 0.6 is 7.82 Å². The molecule has 0 aromatic rings. The number of quaternary nitrogens is 1. The van der Waals surface area contributed by atoms with Crippen molar-refractivity contribution in [1.82, 2.24) is 0 Å². The van der Waals surface area contributed by atoms with Gasteiger partial charge in [-0.05, 0) is 44.9 Å². The summed E-state index contributed by atoms with van der Waals surface area (Å²) in [4.78, 5) is 35.2. The Hall–Kier alpha value is -2.07. The molecule has 2 N–H and O–H groups in total. The maximum atomic E-state index is 12.6. The lowest BCUT2D eigenvalue weighted by atomic mass is 10.0. The number of allylic oxidation sites excluding steroid dienone is 7. The van der Waals surface area contributed by atoms with Crippen molar-refractivity contribution < 1.29 is 47.2 Å². The van der Waals surface area contributed by atoms with Crippen LogP contribution in [0.25, 0.3) is 0 Å². The van der Waals surface area contributed by atoms with Crippen LogP contribution in [0.5, 0.6) is 0 Å². The van der Waals surface area contributed by atoms with Gasteiger partial charge in [0.1, 0.15) is 19.8 Å². The van der Waals surface area contributed by atoms with Crippen LogP contribution in [-0.2, 0) is 32.7 Å². The Morgan fingerprint density at radius 3 is 1.74 bits per heavy atom. The second kappa shape index (κ2) is 35.4. The van der Waals surface area contributed by atoms with E-state index in [9.17, 15) is 24.2 Å². The lowest BCUT2D eigenvalue weighted by Gasteiger charge is -2.24. The van der Waals surface area contributed by atoms with E-state index in [1.807, 2.05) is 39.4 Å². The van der Waals surface area contributed by atoms with Gasteiger partial charge in [0.2, 0.25) is 0 Å². The zero-order chi connectivity index (χ0) is 40.2. The largest absolute Gasteiger partial charge is 0.472 e. The third-order valence-corrected chi connectivity index (χ3v) is 9.67. The number of nitrogens with zero attached hydrogens (tertiary/aromatic N) is 1. The highest BCUT2D eigenvalue weighted by Crippen LogP contribution is 2.43. The van der Waals surface area contributed by atoms with Crippen LogP contribution in [0.4, 0.5) is 0 Å². The Bertz CT molecular complexity index is 1080. The summed E-state index contributed by atoms with van der Waals surface area (Å²) in [7, 11) is 1.42. The van der Waals surface area contributed by atoms with Gasteiger partial charge < -0.3 is 24.0 Å². The van der Waals surface area contributed by atoms with Crippen LogP contribution in [-0.4, -0.2) is 86.1 Å². The number of esters is 2. The van der Waals surface area contributed by atoms with Crippen molar-refractivity contribution in [2.45, 2.75) is 167 Å². The molecule has 0 saturated heterocycles. The fourth-order valence-corrected chi connectivity index (χ4v) is 6.06. The molecule has 0 heterocycles. The molecule has 314 valence electrons. The molecule has 0 amide bonds. The molecule has 10 nitrogen and oxygen atoms in total. The van der Waals surface area contributed by atoms with E-state index < -0.39 is 32.5 Å². The summed E-state index contributed by atoms with van der Waals surface area (Å²) >= 11 is 0. The van der Waals surface area contributed by atoms with Gasteiger partial charge in [0, 0.05) is 12.8 Å². The van der Waals surface area contributed by atoms with Gasteiger partial charge in [-0.1, -0.05) is 146 Å². The lowest BCUT2D eigenvalue weighted by molar-refractivity contribution is -0.870. The van der Waals surface area contributed by atoms with E-state index in [0.717, 1.165) is 64.2 Å². The second-order valence-electron chi connectivity index (χ2n) is 15.2. The summed E-state index contributed by atoms with van der Waals surface area (Å²) in [5, 5.41) is 9.81. The highest BCUT2D eigenvalue weighted by Gasteiger charge is 2.27. The van der Waals surface area contributed by atoms with E-state index in [0.29, 0.717) is 23.9 Å². The monoisotopic (exact) mass is 785 g/mol. The van der Waals surface area contributed by atoms with Gasteiger partial charge in [-0.2, -0.15) is 0 Å². The number of phosphoric ester groups is 1. The third kappa shape index (κ3) is 38.2. The average molecular weight is 785 g/mol. The molecular weight excluding hydrogens is 705 g/mol. The SMILES string of the molecule is CCCCCCCCCCCCCCC(=O)O[C@H](COC(=O)CCC/C=C\C/C=C\C/C=C\C/C=C\[C@@H](O)CCCC)COP(=O)(O)OCC[N+](C)(C)C. The van der Waals surface area contributed by atoms with Crippen molar-refractivity contribution in [1.29, 1.82) is 0 Å². The summed E-state index contributed by atoms with van der Waals surface area (Å²) < 4.78 is 34.1. The molecule has 3 atom stereocenters. The first kappa shape index (κ1) is 51.9. The number of carbonyl (C=O) groups is 2. The number of phosphoric acid groups is 1. The summed E-state index contributed by atoms with van der Waals surface area (Å²) in [5.41, 5.74) is 0. The molecule has 0 fully saturated rings. The maximum absolute atomic E-state index is 12.6. The van der Waals surface area contributed by atoms with Gasteiger partial charge in [-0.15, -0.1) is 0 Å². The molecule has 11 heteroatoms. The summed E-state index contributed by atoms with van der Waals surface area (Å²) in [6.45, 7) is 4.17. The molecule has 0 radical (unpaired) electrons. The molecule has 54 heavy (non-hydrogen) atoms. The number of likely N-dealkylation sites (N-methyl/N-ethyl adjacent to an activating group) is 1. The Morgan fingerprint density at radius 2 is 1.17 bits per heavy atom. The predicted molar refractivity (Wildman–Crippen MR) is 221 cm³/mol. The quantitative estimate of drug-likeness (QED) is 0.0208. The number of hydrogen-bond donors (Lipinski definition) is 2. The number of carbonyl (C=O) groups excluding carboxylic acids is 2. The first-order chi connectivity index (χ1) is 25.9. The normalized spacial score (nSPS) is 14.7. The molecule has 0 aliphatic carbocycles. The average Bonchev–Trinajstić information content (AvgIpc) is 3.11. The Labute approximate surface area is 329 Å². The van der Waals surface area contributed by atoms with Crippen molar-refractivity contribution in [3.05, 3.63) is 48.6 Å². The molecule has 0 saturated carbocycles. The van der Waals surface area contributed by atoms with E-state index >= 15 is 0 Å². The van der Waals surface area contributed by atoms with Gasteiger partial charge >= 0.3 is 19.8 Å². The van der Waals surface area contributed by atoms with Gasteiger partial charge in [-0.25, -0.2) is 4.57 Å². The highest BCUT2D eigenvalue weighted by atomic mass is 31.2. The minimum absolute atomic E-state index is 0.0160. The first-order valence-electron chi connectivity index (χ1n) is 21.0. The van der Waals surface area contributed by atoms with E-state index in [1.54, 1.807) is 0 Å². The number of rotatable bonds is 37. The second-order valence-corrected chi connectivity index (χ2v) is 16.7. The highest BCUT2D eigenvalue weighted by molar-refractivity contribution is 7.47. The topological polar surface area (TPSA) is 129 Å². The molecule has 0 bridgehead atoms. The molecule has 0 aromatic heterocycles. The van der Waals surface area contributed by atoms with E-state index in [4.69, 9.17) is 18.5 Å². The summed E-state index contributed by atoms with van der Waals surface area (Å²) in [5.74, 6) is -0.888. The van der Waals surface area contributed by atoms with Crippen molar-refractivity contribution in [2.24, 2.45) is 0 Å². The van der Waals surface area contributed by atoms with Crippen LogP contribution in [0.3, 0.4) is 0 Å². The Kier molecular flexibility index (Phi) is 34.0. The van der Waals surface area contributed by atoms with Crippen LogP contribution in [0, 0.1) is 0 Å². The van der Waals surface area contributed by atoms with Gasteiger partial charge in [0.25, 0.3) is 0 Å². The fraction of sp³-hybridized carbons (Fsp3) is 0.767. The molecule has 0 aromatic carbocycles. The molecule has 0 rings (SSSR count). The van der Waals surface area contributed by atoms with Crippen molar-refractivity contribution in [3.63, 3.8) is 0 Å². The van der Waals surface area contributed by atoms with Crippen LogP contribution in [0.15, 0.2) is 48.6 Å². The Morgan fingerprint density at radius 1 is 0.648 bits per heavy atom. The van der Waals surface area contributed by atoms with Crippen LogP contribution in [0.2, 0.25) is 0 Å². The predicted octanol–water partition coefficient (Wildman–Crippen LogP) is 10.5. The zero-order valence-electron chi connectivity index (χ0n) is 34.8. The van der Waals surface area contributed by atoms with Gasteiger partial charge in [0.15, 0.2) is 6.10 Å². The van der Waals surface area contributed by atoms with Gasteiger partial charge in [-0.3, -0.25) is 18.6 Å². The van der Waals surface area contributed by atoms with Crippen LogP contribution < -0.4 is 0 Å². The Balaban J connectivity index is 4.50. The number of hydrogen-bond acceptors (Lipinski definition) is 8. The minimum Gasteiger partial charge on any atom is -0.462 e. The van der Waals surface area contributed by atoms with E-state index in [-0.39, 0.29) is 32.2 Å². The van der Waals surface area contributed by atoms with Crippen LogP contribution in [0.1, 0.15) is 155 Å². The third-order valence-electron chi connectivity index (χ3n) is 8.68. The molecule has 0 spiro atoms. The summed E-state index contributed by atoms with van der Waals surface area (Å²) in [6.07, 6.45) is 36.4. The van der Waals surface area contributed by atoms with Gasteiger partial charge in [0.05, 0.1) is 33.9 Å². The molecule has 0 aliphatic rings. The number of aliphatic hydroxyl groups is 1. The summed E-state index contributed by atoms with van der Waals surface area (Å²) in [6, 6.07) is 0.